The van der Waals surface area contributed by atoms with Crippen LogP contribution in [0.3, 0.4) is 0 Å². The zero-order valence-corrected chi connectivity index (χ0v) is 21.4. The van der Waals surface area contributed by atoms with Crippen molar-refractivity contribution in [1.82, 2.24) is 9.80 Å². The van der Waals surface area contributed by atoms with Gasteiger partial charge in [-0.1, -0.05) is 23.8 Å². The lowest BCUT2D eigenvalue weighted by Gasteiger charge is -2.37. The third kappa shape index (κ3) is 6.30. The number of methoxy groups -OCH3 is 1. The van der Waals surface area contributed by atoms with Gasteiger partial charge in [0.1, 0.15) is 24.7 Å². The minimum Gasteiger partial charge on any atom is -0.491 e. The SMILES string of the molecule is COCCCN(CC(=O)N1CCc2sccc2[C@H]1COc1ccc(C)cc1)C(=O)c1cccc(F)c1. The summed E-state index contributed by atoms with van der Waals surface area (Å²) in [5.74, 6) is -0.276. The normalized spacial score (nSPS) is 14.9. The van der Waals surface area contributed by atoms with E-state index in [1.165, 1.54) is 28.0 Å². The molecule has 0 N–H and O–H groups in total. The third-order valence-corrected chi connectivity index (χ3v) is 7.30. The molecule has 6 nitrogen and oxygen atoms in total. The minimum absolute atomic E-state index is 0.0977. The van der Waals surface area contributed by atoms with Crippen molar-refractivity contribution >= 4 is 23.2 Å². The van der Waals surface area contributed by atoms with Crippen molar-refractivity contribution in [2.75, 3.05) is 40.0 Å². The maximum Gasteiger partial charge on any atom is 0.254 e. The lowest BCUT2D eigenvalue weighted by molar-refractivity contribution is -0.135. The van der Waals surface area contributed by atoms with Crippen molar-refractivity contribution in [2.45, 2.75) is 25.8 Å². The molecule has 0 saturated carbocycles. The average molecular weight is 511 g/mol. The van der Waals surface area contributed by atoms with Crippen molar-refractivity contribution < 1.29 is 23.5 Å². The molecule has 1 atom stereocenters. The fraction of sp³-hybridized carbons (Fsp3) is 0.357. The van der Waals surface area contributed by atoms with Gasteiger partial charge in [-0.3, -0.25) is 9.59 Å². The highest BCUT2D eigenvalue weighted by Gasteiger charge is 2.33. The Hall–Kier alpha value is -3.23. The summed E-state index contributed by atoms with van der Waals surface area (Å²) in [6.45, 7) is 3.58. The maximum absolute atomic E-state index is 13.8. The summed E-state index contributed by atoms with van der Waals surface area (Å²) in [5, 5.41) is 2.04. The summed E-state index contributed by atoms with van der Waals surface area (Å²) in [6.07, 6.45) is 1.33. The molecule has 1 aromatic heterocycles. The Morgan fingerprint density at radius 2 is 1.97 bits per heavy atom. The first-order chi connectivity index (χ1) is 17.5. The van der Waals surface area contributed by atoms with Crippen LogP contribution < -0.4 is 4.74 Å². The first-order valence-electron chi connectivity index (χ1n) is 12.0. The van der Waals surface area contributed by atoms with Crippen molar-refractivity contribution in [2.24, 2.45) is 0 Å². The number of nitrogens with zero attached hydrogens (tertiary/aromatic N) is 2. The van der Waals surface area contributed by atoms with Gasteiger partial charge >= 0.3 is 0 Å². The van der Waals surface area contributed by atoms with E-state index in [0.717, 1.165) is 23.3 Å². The second-order valence-electron chi connectivity index (χ2n) is 8.86. The van der Waals surface area contributed by atoms with E-state index in [9.17, 15) is 14.0 Å². The van der Waals surface area contributed by atoms with Crippen LogP contribution >= 0.6 is 11.3 Å². The molecular formula is C28H31FN2O4S. The number of thiophene rings is 1. The van der Waals surface area contributed by atoms with Crippen LogP contribution in [0.2, 0.25) is 0 Å². The fourth-order valence-corrected chi connectivity index (χ4v) is 5.32. The van der Waals surface area contributed by atoms with Crippen LogP contribution in [0.1, 0.15) is 38.8 Å². The largest absolute Gasteiger partial charge is 0.491 e. The molecule has 4 rings (SSSR count). The fourth-order valence-electron chi connectivity index (χ4n) is 4.39. The third-order valence-electron chi connectivity index (χ3n) is 6.31. The average Bonchev–Trinajstić information content (AvgIpc) is 3.36. The topological polar surface area (TPSA) is 59.1 Å². The number of carbonyl (C=O) groups excluding carboxylic acids is 2. The number of benzene rings is 2. The molecule has 2 aromatic carbocycles. The van der Waals surface area contributed by atoms with Gasteiger partial charge in [-0.15, -0.1) is 11.3 Å². The molecule has 190 valence electrons. The Kier molecular flexibility index (Phi) is 8.72. The molecule has 3 aromatic rings. The van der Waals surface area contributed by atoms with E-state index >= 15 is 0 Å². The second kappa shape index (κ2) is 12.1. The number of amides is 2. The van der Waals surface area contributed by atoms with Gasteiger partial charge in [0.25, 0.3) is 5.91 Å². The van der Waals surface area contributed by atoms with Gasteiger partial charge in [-0.2, -0.15) is 0 Å². The summed E-state index contributed by atoms with van der Waals surface area (Å²) < 4.78 is 25.0. The van der Waals surface area contributed by atoms with Gasteiger partial charge in [0.2, 0.25) is 5.91 Å². The number of rotatable bonds is 10. The maximum atomic E-state index is 13.8. The lowest BCUT2D eigenvalue weighted by Crippen LogP contribution is -2.48. The Labute approximate surface area is 215 Å². The van der Waals surface area contributed by atoms with Crippen LogP contribution in [0.25, 0.3) is 0 Å². The van der Waals surface area contributed by atoms with Crippen LogP contribution in [0.4, 0.5) is 4.39 Å². The quantitative estimate of drug-likeness (QED) is 0.365. The van der Waals surface area contributed by atoms with Gasteiger partial charge in [0.05, 0.1) is 6.04 Å². The van der Waals surface area contributed by atoms with Crippen molar-refractivity contribution in [3.8, 4) is 5.75 Å². The first-order valence-corrected chi connectivity index (χ1v) is 12.9. The molecule has 0 unspecified atom stereocenters. The zero-order chi connectivity index (χ0) is 25.5. The molecule has 0 fully saturated rings. The number of hydrogen-bond donors (Lipinski definition) is 0. The first kappa shape index (κ1) is 25.9. The van der Waals surface area contributed by atoms with Crippen molar-refractivity contribution in [1.29, 1.82) is 0 Å². The van der Waals surface area contributed by atoms with Crippen LogP contribution in [0.15, 0.2) is 60.0 Å². The highest BCUT2D eigenvalue weighted by Crippen LogP contribution is 2.34. The predicted octanol–water partition coefficient (Wildman–Crippen LogP) is 4.88. The van der Waals surface area contributed by atoms with E-state index in [4.69, 9.17) is 9.47 Å². The Morgan fingerprint density at radius 1 is 1.17 bits per heavy atom. The molecule has 8 heteroatoms. The Balaban J connectivity index is 1.52. The van der Waals surface area contributed by atoms with Crippen LogP contribution in [-0.4, -0.2) is 61.6 Å². The Morgan fingerprint density at radius 3 is 2.72 bits per heavy atom. The van der Waals surface area contributed by atoms with Crippen molar-refractivity contribution in [3.05, 3.63) is 87.4 Å². The summed E-state index contributed by atoms with van der Waals surface area (Å²) in [6, 6.07) is 15.2. The summed E-state index contributed by atoms with van der Waals surface area (Å²) in [7, 11) is 1.59. The van der Waals surface area contributed by atoms with Gasteiger partial charge in [-0.05, 0) is 67.1 Å². The molecule has 1 aliphatic heterocycles. The number of hydrogen-bond acceptors (Lipinski definition) is 5. The molecule has 36 heavy (non-hydrogen) atoms. The highest BCUT2D eigenvalue weighted by atomic mass is 32.1. The van der Waals surface area contributed by atoms with Gasteiger partial charge < -0.3 is 19.3 Å². The summed E-state index contributed by atoms with van der Waals surface area (Å²) in [5.41, 5.74) is 2.46. The smallest absolute Gasteiger partial charge is 0.254 e. The molecule has 0 radical (unpaired) electrons. The highest BCUT2D eigenvalue weighted by molar-refractivity contribution is 7.10. The molecular weight excluding hydrogens is 479 g/mol. The second-order valence-corrected chi connectivity index (χ2v) is 9.86. The number of carbonyl (C=O) groups is 2. The molecule has 0 saturated heterocycles. The van der Waals surface area contributed by atoms with Crippen molar-refractivity contribution in [3.63, 3.8) is 0 Å². The van der Waals surface area contributed by atoms with E-state index < -0.39 is 5.82 Å². The zero-order valence-electron chi connectivity index (χ0n) is 20.6. The number of fused-ring (bicyclic) bond motifs is 1. The predicted molar refractivity (Wildman–Crippen MR) is 138 cm³/mol. The van der Waals surface area contributed by atoms with Gasteiger partial charge in [0, 0.05) is 37.2 Å². The Bertz CT molecular complexity index is 1180. The molecule has 2 heterocycles. The standard InChI is InChI=1S/C28H31FN2O4S/c1-20-7-9-23(10-8-20)35-19-25-24-12-16-36-26(24)11-14-31(25)27(32)18-30(13-4-15-34-2)28(33)21-5-3-6-22(29)17-21/h3,5-10,12,16-17,25H,4,11,13-15,18-19H2,1-2H3/t25-/m1/s1. The number of aryl methyl sites for hydroxylation is 1. The monoisotopic (exact) mass is 510 g/mol. The van der Waals surface area contributed by atoms with Gasteiger partial charge in [0.15, 0.2) is 0 Å². The summed E-state index contributed by atoms with van der Waals surface area (Å²) >= 11 is 1.69. The lowest BCUT2D eigenvalue weighted by atomic mass is 10.0. The van der Waals surface area contributed by atoms with Gasteiger partial charge in [-0.25, -0.2) is 4.39 Å². The van der Waals surface area contributed by atoms with Crippen LogP contribution in [-0.2, 0) is 16.0 Å². The molecule has 0 spiro atoms. The van der Waals surface area contributed by atoms with E-state index in [1.54, 1.807) is 24.5 Å². The molecule has 0 bridgehead atoms. The molecule has 0 aliphatic carbocycles. The molecule has 1 aliphatic rings. The van der Waals surface area contributed by atoms with E-state index in [2.05, 4.69) is 6.07 Å². The van der Waals surface area contributed by atoms with E-state index in [1.807, 2.05) is 41.5 Å². The minimum atomic E-state index is -0.488. The van der Waals surface area contributed by atoms with E-state index in [0.29, 0.717) is 32.7 Å². The van der Waals surface area contributed by atoms with E-state index in [-0.39, 0.29) is 30.0 Å². The number of ether oxygens (including phenoxy) is 2. The molecule has 2 amide bonds. The van der Waals surface area contributed by atoms with Crippen LogP contribution in [0.5, 0.6) is 5.75 Å². The van der Waals surface area contributed by atoms with Crippen LogP contribution in [0, 0.1) is 12.7 Å². The number of halogens is 1. The summed E-state index contributed by atoms with van der Waals surface area (Å²) in [4.78, 5) is 31.4.